The fraction of sp³-hybridized carbons (Fsp3) is 0.0526. The van der Waals surface area contributed by atoms with Crippen molar-refractivity contribution in [1.82, 2.24) is 10.5 Å². The molecule has 0 unspecified atom stereocenters. The lowest BCUT2D eigenvalue weighted by Crippen LogP contribution is -2.19. The van der Waals surface area contributed by atoms with Crippen LogP contribution in [0.3, 0.4) is 0 Å². The molecule has 1 aromatic heterocycles. The monoisotopic (exact) mass is 304 g/mol. The van der Waals surface area contributed by atoms with Gasteiger partial charge < -0.3 is 9.84 Å². The quantitative estimate of drug-likeness (QED) is 0.732. The first-order chi connectivity index (χ1) is 11.3. The average molecular weight is 304 g/mol. The zero-order valence-electron chi connectivity index (χ0n) is 12.5. The first-order valence-electron chi connectivity index (χ1n) is 7.33. The van der Waals surface area contributed by atoms with Gasteiger partial charge >= 0.3 is 0 Å². The summed E-state index contributed by atoms with van der Waals surface area (Å²) in [5.74, 6) is 0.442. The number of carbonyl (C=O) groups excluding carboxylic acids is 1. The van der Waals surface area contributed by atoms with Gasteiger partial charge in [0.1, 0.15) is 5.69 Å². The van der Waals surface area contributed by atoms with E-state index in [1.54, 1.807) is 6.08 Å². The third kappa shape index (κ3) is 4.17. The van der Waals surface area contributed by atoms with Crippen molar-refractivity contribution in [2.45, 2.75) is 6.54 Å². The van der Waals surface area contributed by atoms with Gasteiger partial charge in [0.25, 0.3) is 0 Å². The fourth-order valence-corrected chi connectivity index (χ4v) is 2.11. The molecular weight excluding hydrogens is 288 g/mol. The molecule has 3 rings (SSSR count). The molecule has 0 aliphatic heterocycles. The molecule has 114 valence electrons. The van der Waals surface area contributed by atoms with Gasteiger partial charge in [0.2, 0.25) is 5.91 Å². The van der Waals surface area contributed by atoms with Crippen molar-refractivity contribution < 1.29 is 9.32 Å². The largest absolute Gasteiger partial charge is 0.359 e. The minimum absolute atomic E-state index is 0.175. The lowest BCUT2D eigenvalue weighted by atomic mass is 10.1. The van der Waals surface area contributed by atoms with Gasteiger partial charge in [0.15, 0.2) is 5.76 Å². The number of benzene rings is 2. The number of hydrogen-bond acceptors (Lipinski definition) is 3. The highest BCUT2D eigenvalue weighted by molar-refractivity contribution is 5.91. The summed E-state index contributed by atoms with van der Waals surface area (Å²) >= 11 is 0. The molecule has 1 heterocycles. The Labute approximate surface area is 134 Å². The standard InChI is InChI=1S/C19H16N2O2/c22-19(12-11-15-7-3-1-4-8-15)20-14-17-13-18(21-23-17)16-9-5-2-6-10-16/h1-13H,14H2,(H,20,22)/b12-11+. The maximum absolute atomic E-state index is 11.8. The van der Waals surface area contributed by atoms with E-state index in [2.05, 4.69) is 10.5 Å². The summed E-state index contributed by atoms with van der Waals surface area (Å²) < 4.78 is 5.24. The highest BCUT2D eigenvalue weighted by Gasteiger charge is 2.06. The summed E-state index contributed by atoms with van der Waals surface area (Å²) in [5, 5.41) is 6.79. The predicted octanol–water partition coefficient (Wildman–Crippen LogP) is 3.67. The van der Waals surface area contributed by atoms with Crippen molar-refractivity contribution >= 4 is 12.0 Å². The average Bonchev–Trinajstić information content (AvgIpc) is 3.09. The van der Waals surface area contributed by atoms with E-state index in [0.717, 1.165) is 16.8 Å². The van der Waals surface area contributed by atoms with Crippen molar-refractivity contribution in [1.29, 1.82) is 0 Å². The summed E-state index contributed by atoms with van der Waals surface area (Å²) in [6.07, 6.45) is 3.27. The molecule has 1 amide bonds. The highest BCUT2D eigenvalue weighted by atomic mass is 16.5. The highest BCUT2D eigenvalue weighted by Crippen LogP contribution is 2.18. The molecule has 0 saturated heterocycles. The Balaban J connectivity index is 1.55. The normalized spacial score (nSPS) is 10.8. The van der Waals surface area contributed by atoms with Crippen molar-refractivity contribution in [3.8, 4) is 11.3 Å². The Morgan fingerprint density at radius 3 is 2.48 bits per heavy atom. The molecule has 0 aliphatic rings. The van der Waals surface area contributed by atoms with Crippen LogP contribution in [0.15, 0.2) is 77.3 Å². The van der Waals surface area contributed by atoms with Crippen LogP contribution in [0.2, 0.25) is 0 Å². The van der Waals surface area contributed by atoms with Gasteiger partial charge in [0, 0.05) is 17.7 Å². The number of amides is 1. The van der Waals surface area contributed by atoms with Crippen LogP contribution in [0, 0.1) is 0 Å². The van der Waals surface area contributed by atoms with E-state index in [4.69, 9.17) is 4.52 Å². The Morgan fingerprint density at radius 1 is 1.04 bits per heavy atom. The Morgan fingerprint density at radius 2 is 1.74 bits per heavy atom. The van der Waals surface area contributed by atoms with E-state index in [1.165, 1.54) is 6.08 Å². The van der Waals surface area contributed by atoms with Gasteiger partial charge in [-0.2, -0.15) is 0 Å². The van der Waals surface area contributed by atoms with Gasteiger partial charge in [-0.15, -0.1) is 0 Å². The predicted molar refractivity (Wildman–Crippen MR) is 89.3 cm³/mol. The van der Waals surface area contributed by atoms with E-state index < -0.39 is 0 Å². The second-order valence-corrected chi connectivity index (χ2v) is 5.01. The van der Waals surface area contributed by atoms with E-state index in [-0.39, 0.29) is 5.91 Å². The van der Waals surface area contributed by atoms with Gasteiger partial charge in [-0.25, -0.2) is 0 Å². The van der Waals surface area contributed by atoms with Crippen LogP contribution in [0.25, 0.3) is 17.3 Å². The SMILES string of the molecule is O=C(/C=C/c1ccccc1)NCc1cc(-c2ccccc2)no1. The molecular formula is C19H16N2O2. The molecule has 2 aromatic carbocycles. The summed E-state index contributed by atoms with van der Waals surface area (Å²) in [5.41, 5.74) is 2.72. The summed E-state index contributed by atoms with van der Waals surface area (Å²) in [7, 11) is 0. The van der Waals surface area contributed by atoms with Crippen molar-refractivity contribution in [2.75, 3.05) is 0 Å². The molecule has 1 N–H and O–H groups in total. The molecule has 0 aliphatic carbocycles. The van der Waals surface area contributed by atoms with Crippen LogP contribution in [0.5, 0.6) is 0 Å². The first-order valence-corrected chi connectivity index (χ1v) is 7.33. The molecule has 0 bridgehead atoms. The summed E-state index contributed by atoms with van der Waals surface area (Å²) in [6.45, 7) is 0.303. The Hall–Kier alpha value is -3.14. The maximum Gasteiger partial charge on any atom is 0.244 e. The summed E-state index contributed by atoms with van der Waals surface area (Å²) in [6, 6.07) is 21.3. The molecule has 0 fully saturated rings. The molecule has 0 saturated carbocycles. The molecule has 0 atom stereocenters. The number of hydrogen-bond donors (Lipinski definition) is 1. The molecule has 3 aromatic rings. The lowest BCUT2D eigenvalue weighted by Gasteiger charge is -1.97. The van der Waals surface area contributed by atoms with Crippen LogP contribution in [0.1, 0.15) is 11.3 Å². The number of nitrogens with zero attached hydrogens (tertiary/aromatic N) is 1. The third-order valence-electron chi connectivity index (χ3n) is 3.29. The van der Waals surface area contributed by atoms with Crippen molar-refractivity contribution in [3.63, 3.8) is 0 Å². The second kappa shape index (κ2) is 7.22. The molecule has 23 heavy (non-hydrogen) atoms. The molecule has 0 radical (unpaired) electrons. The first kappa shape index (κ1) is 14.8. The topological polar surface area (TPSA) is 55.1 Å². The minimum atomic E-state index is -0.175. The zero-order valence-corrected chi connectivity index (χ0v) is 12.5. The third-order valence-corrected chi connectivity index (χ3v) is 3.29. The summed E-state index contributed by atoms with van der Waals surface area (Å²) in [4.78, 5) is 11.8. The Bertz CT molecular complexity index is 793. The van der Waals surface area contributed by atoms with E-state index in [1.807, 2.05) is 66.7 Å². The molecule has 0 spiro atoms. The van der Waals surface area contributed by atoms with Gasteiger partial charge in [0.05, 0.1) is 6.54 Å². The van der Waals surface area contributed by atoms with Crippen LogP contribution < -0.4 is 5.32 Å². The van der Waals surface area contributed by atoms with Crippen molar-refractivity contribution in [3.05, 3.63) is 84.1 Å². The zero-order chi connectivity index (χ0) is 15.9. The molecule has 4 nitrogen and oxygen atoms in total. The second-order valence-electron chi connectivity index (χ2n) is 5.01. The number of carbonyl (C=O) groups is 1. The van der Waals surface area contributed by atoms with Crippen LogP contribution in [-0.2, 0) is 11.3 Å². The maximum atomic E-state index is 11.8. The van der Waals surface area contributed by atoms with Gasteiger partial charge in [-0.3, -0.25) is 4.79 Å². The lowest BCUT2D eigenvalue weighted by molar-refractivity contribution is -0.116. The number of aromatic nitrogens is 1. The van der Waals surface area contributed by atoms with Gasteiger partial charge in [-0.1, -0.05) is 65.8 Å². The number of rotatable bonds is 5. The van der Waals surface area contributed by atoms with E-state index >= 15 is 0 Å². The smallest absolute Gasteiger partial charge is 0.244 e. The van der Waals surface area contributed by atoms with E-state index in [0.29, 0.717) is 12.3 Å². The van der Waals surface area contributed by atoms with Crippen LogP contribution >= 0.6 is 0 Å². The van der Waals surface area contributed by atoms with Crippen molar-refractivity contribution in [2.24, 2.45) is 0 Å². The number of nitrogens with one attached hydrogen (secondary N) is 1. The van der Waals surface area contributed by atoms with Crippen LogP contribution in [0.4, 0.5) is 0 Å². The van der Waals surface area contributed by atoms with Gasteiger partial charge in [-0.05, 0) is 11.6 Å². The molecule has 4 heteroatoms. The Kier molecular flexibility index (Phi) is 4.64. The van der Waals surface area contributed by atoms with Crippen LogP contribution in [-0.4, -0.2) is 11.1 Å². The minimum Gasteiger partial charge on any atom is -0.359 e. The van der Waals surface area contributed by atoms with E-state index in [9.17, 15) is 4.79 Å². The fourth-order valence-electron chi connectivity index (χ4n) is 2.11.